The van der Waals surface area contributed by atoms with Crippen LogP contribution >= 0.6 is 22.6 Å². The summed E-state index contributed by atoms with van der Waals surface area (Å²) < 4.78 is 14.6. The number of amides is 2. The predicted molar refractivity (Wildman–Crippen MR) is 97.0 cm³/mol. The number of halogens is 2. The lowest BCUT2D eigenvalue weighted by atomic mass is 10.1. The Morgan fingerprint density at radius 1 is 1.12 bits per heavy atom. The van der Waals surface area contributed by atoms with Crippen molar-refractivity contribution >= 4 is 40.1 Å². The number of hydrogen-bond donors (Lipinski definition) is 1. The van der Waals surface area contributed by atoms with E-state index in [1.165, 1.54) is 11.0 Å². The number of benzene rings is 2. The maximum Gasteiger partial charge on any atom is 0.292 e. The van der Waals surface area contributed by atoms with Crippen molar-refractivity contribution in [2.75, 3.05) is 11.4 Å². The number of carbonyl (C=O) groups is 2. The van der Waals surface area contributed by atoms with Crippen LogP contribution in [0.3, 0.4) is 0 Å². The molecule has 0 spiro atoms. The summed E-state index contributed by atoms with van der Waals surface area (Å²) in [7, 11) is 0. The highest BCUT2D eigenvalue weighted by Gasteiger charge is 2.41. The van der Waals surface area contributed by atoms with Crippen LogP contribution in [0.4, 0.5) is 10.1 Å². The summed E-state index contributed by atoms with van der Waals surface area (Å²) in [6, 6.07) is 13.5. The average Bonchev–Trinajstić information content (AvgIpc) is 2.84. The molecule has 1 aliphatic heterocycles. The van der Waals surface area contributed by atoms with E-state index in [1.54, 1.807) is 30.3 Å². The molecule has 24 heavy (non-hydrogen) atoms. The van der Waals surface area contributed by atoms with E-state index in [-0.39, 0.29) is 24.1 Å². The van der Waals surface area contributed by atoms with E-state index in [4.69, 9.17) is 0 Å². The monoisotopic (exact) mass is 439 g/mol. The minimum atomic E-state index is -0.427. The number of anilines is 1. The van der Waals surface area contributed by atoms with Gasteiger partial charge in [0.05, 0.1) is 18.7 Å². The zero-order chi connectivity index (χ0) is 17.1. The molecule has 0 radical (unpaired) electrons. The average molecular weight is 439 g/mol. The molecule has 6 heteroatoms. The predicted octanol–water partition coefficient (Wildman–Crippen LogP) is 1.87. The lowest BCUT2D eigenvalue weighted by molar-refractivity contribution is -0.674. The third-order valence-corrected chi connectivity index (χ3v) is 4.81. The molecule has 1 fully saturated rings. The molecule has 1 atom stereocenters. The number of quaternary nitrogens is 1. The van der Waals surface area contributed by atoms with E-state index in [0.717, 1.165) is 3.57 Å². The van der Waals surface area contributed by atoms with Crippen molar-refractivity contribution in [1.82, 2.24) is 0 Å². The molecule has 0 bridgehead atoms. The maximum absolute atomic E-state index is 13.6. The molecular formula is C18H17FIN2O2+. The van der Waals surface area contributed by atoms with E-state index in [9.17, 15) is 14.0 Å². The summed E-state index contributed by atoms with van der Waals surface area (Å²) >= 11 is 2.18. The van der Waals surface area contributed by atoms with Crippen molar-refractivity contribution in [2.45, 2.75) is 18.9 Å². The second-order valence-electron chi connectivity index (χ2n) is 5.72. The minimum Gasteiger partial charge on any atom is -0.335 e. The summed E-state index contributed by atoms with van der Waals surface area (Å²) in [5.74, 6) is -0.622. The summed E-state index contributed by atoms with van der Waals surface area (Å²) in [5.41, 5.74) is 1.23. The highest BCUT2D eigenvalue weighted by molar-refractivity contribution is 14.1. The molecular weight excluding hydrogens is 422 g/mol. The molecule has 1 saturated heterocycles. The topological polar surface area (TPSA) is 54.0 Å². The first-order valence-corrected chi connectivity index (χ1v) is 8.83. The fourth-order valence-corrected chi connectivity index (χ4v) is 3.20. The van der Waals surface area contributed by atoms with Gasteiger partial charge in [-0.25, -0.2) is 9.29 Å². The molecule has 0 aromatic heterocycles. The number of rotatable bonds is 5. The summed E-state index contributed by atoms with van der Waals surface area (Å²) in [4.78, 5) is 25.9. The van der Waals surface area contributed by atoms with Gasteiger partial charge in [0.25, 0.3) is 5.91 Å². The van der Waals surface area contributed by atoms with Crippen LogP contribution in [-0.2, 0) is 16.0 Å². The number of nitrogens with zero attached hydrogens (tertiary/aromatic N) is 1. The van der Waals surface area contributed by atoms with Crippen molar-refractivity contribution in [2.24, 2.45) is 0 Å². The molecule has 3 rings (SSSR count). The van der Waals surface area contributed by atoms with Gasteiger partial charge in [-0.15, -0.1) is 0 Å². The first-order valence-electron chi connectivity index (χ1n) is 7.75. The number of carbonyl (C=O) groups excluding carboxylic acids is 2. The Kier molecular flexibility index (Phi) is 5.25. The maximum atomic E-state index is 13.6. The molecule has 124 valence electrons. The Hall–Kier alpha value is -1.80. The van der Waals surface area contributed by atoms with Gasteiger partial charge in [0.1, 0.15) is 5.82 Å². The molecule has 0 saturated carbocycles. The van der Waals surface area contributed by atoms with Crippen LogP contribution < -0.4 is 10.2 Å². The lowest BCUT2D eigenvalue weighted by Crippen LogP contribution is -2.92. The summed E-state index contributed by atoms with van der Waals surface area (Å²) in [6.45, 7) is 0.561. The van der Waals surface area contributed by atoms with E-state index in [2.05, 4.69) is 22.6 Å². The standard InChI is InChI=1S/C18H16FIN2O2/c19-15-4-2-1-3-12(15)9-10-21-16-11-17(23)22(18(16)24)14-7-5-13(20)6-8-14/h1-8,16,21H,9-11H2/p+1/t16-/m1/s1. The quantitative estimate of drug-likeness (QED) is 0.572. The van der Waals surface area contributed by atoms with E-state index in [0.29, 0.717) is 24.2 Å². The SMILES string of the molecule is O=C1C[C@@H]([NH2+]CCc2ccccc2F)C(=O)N1c1ccc(I)cc1. The molecule has 4 nitrogen and oxygen atoms in total. The number of hydrogen-bond acceptors (Lipinski definition) is 2. The van der Waals surface area contributed by atoms with Gasteiger partial charge in [-0.3, -0.25) is 9.59 Å². The Labute approximate surface area is 153 Å². The molecule has 2 aromatic rings. The second-order valence-corrected chi connectivity index (χ2v) is 6.97. The number of nitrogens with two attached hydrogens (primary N) is 1. The first-order chi connectivity index (χ1) is 11.6. The highest BCUT2D eigenvalue weighted by atomic mass is 127. The molecule has 2 N–H and O–H groups in total. The van der Waals surface area contributed by atoms with Crippen molar-refractivity contribution in [3.63, 3.8) is 0 Å². The van der Waals surface area contributed by atoms with Crippen molar-refractivity contribution in [3.05, 3.63) is 63.5 Å². The Balaban J connectivity index is 1.62. The Morgan fingerprint density at radius 2 is 1.83 bits per heavy atom. The molecule has 1 heterocycles. The van der Waals surface area contributed by atoms with Crippen LogP contribution in [0.15, 0.2) is 48.5 Å². The van der Waals surface area contributed by atoms with Gasteiger partial charge in [-0.05, 0) is 58.5 Å². The van der Waals surface area contributed by atoms with Gasteiger partial charge in [0.15, 0.2) is 6.04 Å². The Morgan fingerprint density at radius 3 is 2.54 bits per heavy atom. The van der Waals surface area contributed by atoms with E-state index < -0.39 is 6.04 Å². The van der Waals surface area contributed by atoms with Gasteiger partial charge in [-0.2, -0.15) is 0 Å². The highest BCUT2D eigenvalue weighted by Crippen LogP contribution is 2.22. The fraction of sp³-hybridized carbons (Fsp3) is 0.222. The van der Waals surface area contributed by atoms with Gasteiger partial charge < -0.3 is 5.32 Å². The van der Waals surface area contributed by atoms with Gasteiger partial charge in [0.2, 0.25) is 5.91 Å². The molecule has 0 aliphatic carbocycles. The van der Waals surface area contributed by atoms with Gasteiger partial charge in [0, 0.05) is 9.99 Å². The lowest BCUT2D eigenvalue weighted by Gasteiger charge is -2.14. The van der Waals surface area contributed by atoms with Crippen LogP contribution in [0.1, 0.15) is 12.0 Å². The van der Waals surface area contributed by atoms with Gasteiger partial charge >= 0.3 is 0 Å². The van der Waals surface area contributed by atoms with Crippen LogP contribution in [0.2, 0.25) is 0 Å². The van der Waals surface area contributed by atoms with Crippen LogP contribution in [0.25, 0.3) is 0 Å². The fourth-order valence-electron chi connectivity index (χ4n) is 2.84. The second kappa shape index (κ2) is 7.40. The molecule has 2 aromatic carbocycles. The third-order valence-electron chi connectivity index (χ3n) is 4.09. The number of imide groups is 1. The van der Waals surface area contributed by atoms with Crippen LogP contribution in [0.5, 0.6) is 0 Å². The van der Waals surface area contributed by atoms with Crippen molar-refractivity contribution in [3.8, 4) is 0 Å². The third kappa shape index (κ3) is 3.64. The zero-order valence-corrected chi connectivity index (χ0v) is 15.1. The van der Waals surface area contributed by atoms with Crippen molar-refractivity contribution in [1.29, 1.82) is 0 Å². The van der Waals surface area contributed by atoms with E-state index in [1.807, 2.05) is 17.4 Å². The minimum absolute atomic E-state index is 0.183. The van der Waals surface area contributed by atoms with Crippen LogP contribution in [0, 0.1) is 9.39 Å². The molecule has 0 unspecified atom stereocenters. The smallest absolute Gasteiger partial charge is 0.292 e. The van der Waals surface area contributed by atoms with Crippen LogP contribution in [-0.4, -0.2) is 24.4 Å². The zero-order valence-electron chi connectivity index (χ0n) is 12.9. The summed E-state index contributed by atoms with van der Waals surface area (Å²) in [5, 5.41) is 1.83. The van der Waals surface area contributed by atoms with E-state index >= 15 is 0 Å². The first kappa shape index (κ1) is 17.0. The molecule has 2 amide bonds. The largest absolute Gasteiger partial charge is 0.335 e. The van der Waals surface area contributed by atoms with Crippen molar-refractivity contribution < 1.29 is 19.3 Å². The van der Waals surface area contributed by atoms with Gasteiger partial charge in [-0.1, -0.05) is 18.2 Å². The summed E-state index contributed by atoms with van der Waals surface area (Å²) in [6.07, 6.45) is 0.705. The Bertz CT molecular complexity index is 764. The molecule has 1 aliphatic rings. The normalized spacial score (nSPS) is 17.6.